The quantitative estimate of drug-likeness (QED) is 0.690. The maximum atomic E-state index is 12.2. The van der Waals surface area contributed by atoms with Crippen molar-refractivity contribution in [2.45, 2.75) is 38.4 Å². The molecule has 0 spiro atoms. The number of rotatable bonds is 7. The van der Waals surface area contributed by atoms with Crippen LogP contribution in [-0.4, -0.2) is 75.6 Å². The number of amides is 1. The van der Waals surface area contributed by atoms with Gasteiger partial charge >= 0.3 is 0 Å². The predicted octanol–water partition coefficient (Wildman–Crippen LogP) is 0.409. The summed E-state index contributed by atoms with van der Waals surface area (Å²) in [6.45, 7) is 7.96. The van der Waals surface area contributed by atoms with Crippen molar-refractivity contribution in [2.24, 2.45) is 0 Å². The first-order valence-corrected chi connectivity index (χ1v) is 8.09. The molecule has 2 heterocycles. The van der Waals surface area contributed by atoms with Crippen molar-refractivity contribution in [2.75, 3.05) is 52.6 Å². The molecule has 2 aliphatic heterocycles. The Bertz CT molecular complexity index is 300. The zero-order valence-electron chi connectivity index (χ0n) is 13.0. The summed E-state index contributed by atoms with van der Waals surface area (Å²) in [4.78, 5) is 14.2. The lowest BCUT2D eigenvalue weighted by atomic mass is 10.1. The fraction of sp³-hybridized carbons (Fsp3) is 0.933. The van der Waals surface area contributed by atoms with Crippen LogP contribution in [0.3, 0.4) is 0 Å². The molecule has 1 amide bonds. The number of hydrogen-bond acceptors (Lipinski definition) is 5. The molecule has 0 bridgehead atoms. The van der Waals surface area contributed by atoms with E-state index in [0.717, 1.165) is 45.6 Å². The van der Waals surface area contributed by atoms with Gasteiger partial charge in [0.1, 0.15) is 0 Å². The zero-order valence-corrected chi connectivity index (χ0v) is 13.0. The summed E-state index contributed by atoms with van der Waals surface area (Å²) in [5.74, 6) is 0.205. The van der Waals surface area contributed by atoms with Gasteiger partial charge in [-0.2, -0.15) is 0 Å². The van der Waals surface area contributed by atoms with Crippen LogP contribution in [0.15, 0.2) is 0 Å². The number of hydrogen-bond donors (Lipinski definition) is 1. The third-order valence-electron chi connectivity index (χ3n) is 3.99. The van der Waals surface area contributed by atoms with E-state index in [1.165, 1.54) is 0 Å². The molecule has 122 valence electrons. The topological polar surface area (TPSA) is 60.0 Å². The van der Waals surface area contributed by atoms with Crippen molar-refractivity contribution in [1.29, 1.82) is 0 Å². The van der Waals surface area contributed by atoms with Crippen molar-refractivity contribution in [3.05, 3.63) is 0 Å². The van der Waals surface area contributed by atoms with Crippen LogP contribution in [0.4, 0.5) is 0 Å². The lowest BCUT2D eigenvalue weighted by molar-refractivity contribution is -0.137. The van der Waals surface area contributed by atoms with Crippen molar-refractivity contribution in [1.82, 2.24) is 10.2 Å². The second kappa shape index (κ2) is 9.35. The molecule has 1 unspecified atom stereocenters. The minimum Gasteiger partial charge on any atom is -0.379 e. The van der Waals surface area contributed by atoms with Gasteiger partial charge in [0.05, 0.1) is 38.4 Å². The fourth-order valence-electron chi connectivity index (χ4n) is 2.76. The minimum atomic E-state index is 0.0337. The number of nitrogens with zero attached hydrogens (tertiary/aromatic N) is 1. The number of carbonyl (C=O) groups is 1. The maximum Gasteiger partial charge on any atom is 0.225 e. The molecule has 0 aromatic rings. The average Bonchev–Trinajstić information content (AvgIpc) is 2.53. The largest absolute Gasteiger partial charge is 0.379 e. The van der Waals surface area contributed by atoms with Crippen LogP contribution in [0, 0.1) is 0 Å². The van der Waals surface area contributed by atoms with Gasteiger partial charge in [0.25, 0.3) is 0 Å². The van der Waals surface area contributed by atoms with Gasteiger partial charge in [-0.3, -0.25) is 4.79 Å². The first-order chi connectivity index (χ1) is 10.3. The molecule has 2 fully saturated rings. The summed E-state index contributed by atoms with van der Waals surface area (Å²) in [7, 11) is 0. The highest BCUT2D eigenvalue weighted by Gasteiger charge is 2.26. The Kier molecular flexibility index (Phi) is 7.43. The number of morpholine rings is 1. The summed E-state index contributed by atoms with van der Waals surface area (Å²) in [5, 5.41) is 3.26. The van der Waals surface area contributed by atoms with E-state index in [4.69, 9.17) is 14.2 Å². The molecule has 6 nitrogen and oxygen atoms in total. The second-order valence-corrected chi connectivity index (χ2v) is 5.55. The number of likely N-dealkylation sites (tertiary alicyclic amines) is 1. The van der Waals surface area contributed by atoms with Gasteiger partial charge in [-0.05, 0) is 19.8 Å². The summed E-state index contributed by atoms with van der Waals surface area (Å²) in [6, 6.07) is 0. The Hall–Kier alpha value is -0.690. The highest BCUT2D eigenvalue weighted by Crippen LogP contribution is 2.15. The van der Waals surface area contributed by atoms with E-state index >= 15 is 0 Å². The van der Waals surface area contributed by atoms with Gasteiger partial charge in [0.2, 0.25) is 5.91 Å². The standard InChI is InChI=1S/C15H28N2O4/c1-2-19-9-10-21-13-3-6-17(7-4-13)15(18)11-14-12-16-5-8-20-14/h13-14,16H,2-12H2,1H3. The van der Waals surface area contributed by atoms with E-state index in [1.807, 2.05) is 11.8 Å². The molecule has 21 heavy (non-hydrogen) atoms. The molecule has 1 atom stereocenters. The van der Waals surface area contributed by atoms with Gasteiger partial charge in [0, 0.05) is 32.8 Å². The van der Waals surface area contributed by atoms with Crippen LogP contribution >= 0.6 is 0 Å². The average molecular weight is 300 g/mol. The van der Waals surface area contributed by atoms with E-state index in [1.54, 1.807) is 0 Å². The number of ether oxygens (including phenoxy) is 3. The highest BCUT2D eigenvalue weighted by molar-refractivity contribution is 5.76. The van der Waals surface area contributed by atoms with E-state index in [-0.39, 0.29) is 18.1 Å². The highest BCUT2D eigenvalue weighted by atomic mass is 16.5. The van der Waals surface area contributed by atoms with Gasteiger partial charge in [0.15, 0.2) is 0 Å². The van der Waals surface area contributed by atoms with Gasteiger partial charge in [-0.15, -0.1) is 0 Å². The molecule has 6 heteroatoms. The smallest absolute Gasteiger partial charge is 0.225 e. The van der Waals surface area contributed by atoms with E-state index in [9.17, 15) is 4.79 Å². The SMILES string of the molecule is CCOCCOC1CCN(C(=O)CC2CNCCO2)CC1. The number of nitrogens with one attached hydrogen (secondary N) is 1. The lowest BCUT2D eigenvalue weighted by Crippen LogP contribution is -2.45. The van der Waals surface area contributed by atoms with Crippen LogP contribution in [0.5, 0.6) is 0 Å². The Morgan fingerprint density at radius 2 is 2.14 bits per heavy atom. The zero-order chi connectivity index (χ0) is 14.9. The predicted molar refractivity (Wildman–Crippen MR) is 79.3 cm³/mol. The summed E-state index contributed by atoms with van der Waals surface area (Å²) < 4.78 is 16.6. The minimum absolute atomic E-state index is 0.0337. The Morgan fingerprint density at radius 1 is 1.33 bits per heavy atom. The first kappa shape index (κ1) is 16.7. The summed E-state index contributed by atoms with van der Waals surface area (Å²) >= 11 is 0. The van der Waals surface area contributed by atoms with E-state index in [2.05, 4.69) is 5.32 Å². The molecule has 0 aromatic carbocycles. The molecule has 2 rings (SSSR count). The molecule has 0 aliphatic carbocycles. The Morgan fingerprint density at radius 3 is 2.81 bits per heavy atom. The molecular weight excluding hydrogens is 272 g/mol. The molecule has 0 saturated carbocycles. The normalized spacial score (nSPS) is 24.2. The summed E-state index contributed by atoms with van der Waals surface area (Å²) in [5.41, 5.74) is 0. The van der Waals surface area contributed by atoms with E-state index < -0.39 is 0 Å². The molecular formula is C15H28N2O4. The van der Waals surface area contributed by atoms with Crippen LogP contribution in [0.1, 0.15) is 26.2 Å². The fourth-order valence-corrected chi connectivity index (χ4v) is 2.76. The van der Waals surface area contributed by atoms with Crippen molar-refractivity contribution in [3.8, 4) is 0 Å². The van der Waals surface area contributed by atoms with Gasteiger partial charge < -0.3 is 24.4 Å². The van der Waals surface area contributed by atoms with Crippen LogP contribution in [0.2, 0.25) is 0 Å². The van der Waals surface area contributed by atoms with Crippen molar-refractivity contribution >= 4 is 5.91 Å². The second-order valence-electron chi connectivity index (χ2n) is 5.55. The molecule has 1 N–H and O–H groups in total. The number of piperidine rings is 1. The van der Waals surface area contributed by atoms with Gasteiger partial charge in [-0.1, -0.05) is 0 Å². The Balaban J connectivity index is 1.60. The summed E-state index contributed by atoms with van der Waals surface area (Å²) in [6.07, 6.45) is 2.63. The molecule has 2 aliphatic rings. The maximum absolute atomic E-state index is 12.2. The van der Waals surface area contributed by atoms with Crippen LogP contribution in [0.25, 0.3) is 0 Å². The third kappa shape index (κ3) is 5.90. The molecule has 0 radical (unpaired) electrons. The van der Waals surface area contributed by atoms with E-state index in [0.29, 0.717) is 26.2 Å². The lowest BCUT2D eigenvalue weighted by Gasteiger charge is -2.33. The van der Waals surface area contributed by atoms with Crippen LogP contribution < -0.4 is 5.32 Å². The Labute approximate surface area is 127 Å². The third-order valence-corrected chi connectivity index (χ3v) is 3.99. The molecule has 0 aromatic heterocycles. The first-order valence-electron chi connectivity index (χ1n) is 8.09. The number of carbonyl (C=O) groups excluding carboxylic acids is 1. The monoisotopic (exact) mass is 300 g/mol. The van der Waals surface area contributed by atoms with Crippen molar-refractivity contribution < 1.29 is 19.0 Å². The van der Waals surface area contributed by atoms with Crippen LogP contribution in [-0.2, 0) is 19.0 Å². The van der Waals surface area contributed by atoms with Crippen molar-refractivity contribution in [3.63, 3.8) is 0 Å². The molecule has 2 saturated heterocycles. The van der Waals surface area contributed by atoms with Gasteiger partial charge in [-0.25, -0.2) is 0 Å².